The molecule has 0 saturated heterocycles. The van der Waals surface area contributed by atoms with Gasteiger partial charge in [0.2, 0.25) is 0 Å². The molecule has 0 aliphatic carbocycles. The highest BCUT2D eigenvalue weighted by molar-refractivity contribution is 5.63. The fourth-order valence-corrected chi connectivity index (χ4v) is 2.81. The van der Waals surface area contributed by atoms with Crippen LogP contribution in [-0.2, 0) is 6.54 Å². The summed E-state index contributed by atoms with van der Waals surface area (Å²) in [4.78, 5) is 0. The SMILES string of the molecule is Cc1ccc(-c2[nH]ncc2C[NH2+][C@@H](C)c2ccccc2)cc1C. The molecule has 0 unspecified atom stereocenters. The van der Waals surface area contributed by atoms with E-state index >= 15 is 0 Å². The predicted molar refractivity (Wildman–Crippen MR) is 94.0 cm³/mol. The van der Waals surface area contributed by atoms with Gasteiger partial charge in [-0.15, -0.1) is 0 Å². The van der Waals surface area contributed by atoms with Crippen molar-refractivity contribution in [2.45, 2.75) is 33.4 Å². The van der Waals surface area contributed by atoms with Gasteiger partial charge in [0.05, 0.1) is 17.5 Å². The van der Waals surface area contributed by atoms with Crippen molar-refractivity contribution in [1.29, 1.82) is 0 Å². The van der Waals surface area contributed by atoms with E-state index in [1.165, 1.54) is 27.8 Å². The van der Waals surface area contributed by atoms with Gasteiger partial charge in [-0.1, -0.05) is 42.5 Å². The maximum absolute atomic E-state index is 4.26. The van der Waals surface area contributed by atoms with Crippen molar-refractivity contribution in [2.75, 3.05) is 0 Å². The summed E-state index contributed by atoms with van der Waals surface area (Å²) in [6, 6.07) is 17.6. The Morgan fingerprint density at radius 1 is 1.04 bits per heavy atom. The number of nitrogens with one attached hydrogen (secondary N) is 1. The number of quaternary nitrogens is 1. The molecule has 1 heterocycles. The zero-order valence-electron chi connectivity index (χ0n) is 14.0. The highest BCUT2D eigenvalue weighted by atomic mass is 15.1. The third kappa shape index (κ3) is 3.51. The van der Waals surface area contributed by atoms with Crippen LogP contribution in [0.2, 0.25) is 0 Å². The molecule has 0 radical (unpaired) electrons. The predicted octanol–water partition coefficient (Wildman–Crippen LogP) is 3.52. The lowest BCUT2D eigenvalue weighted by Gasteiger charge is -2.11. The lowest BCUT2D eigenvalue weighted by Crippen LogP contribution is -2.83. The highest BCUT2D eigenvalue weighted by Crippen LogP contribution is 2.23. The summed E-state index contributed by atoms with van der Waals surface area (Å²) >= 11 is 0. The summed E-state index contributed by atoms with van der Waals surface area (Å²) in [6.07, 6.45) is 1.94. The topological polar surface area (TPSA) is 45.3 Å². The largest absolute Gasteiger partial charge is 0.336 e. The van der Waals surface area contributed by atoms with Crippen LogP contribution in [0.5, 0.6) is 0 Å². The fourth-order valence-electron chi connectivity index (χ4n) is 2.81. The van der Waals surface area contributed by atoms with E-state index in [0.717, 1.165) is 12.2 Å². The van der Waals surface area contributed by atoms with E-state index in [0.29, 0.717) is 6.04 Å². The average molecular weight is 306 g/mol. The summed E-state index contributed by atoms with van der Waals surface area (Å²) in [5.41, 5.74) is 7.56. The van der Waals surface area contributed by atoms with Gasteiger partial charge in [0, 0.05) is 11.1 Å². The second kappa shape index (κ2) is 6.80. The summed E-state index contributed by atoms with van der Waals surface area (Å²) in [6.45, 7) is 7.45. The molecule has 23 heavy (non-hydrogen) atoms. The molecule has 3 aromatic rings. The molecule has 0 aliphatic rings. The minimum absolute atomic E-state index is 0.429. The summed E-state index contributed by atoms with van der Waals surface area (Å²) in [5.74, 6) is 0. The number of benzene rings is 2. The van der Waals surface area contributed by atoms with E-state index in [9.17, 15) is 0 Å². The van der Waals surface area contributed by atoms with Crippen LogP contribution in [0.4, 0.5) is 0 Å². The van der Waals surface area contributed by atoms with Gasteiger partial charge in [0.15, 0.2) is 0 Å². The van der Waals surface area contributed by atoms with Crippen LogP contribution in [0.25, 0.3) is 11.3 Å². The van der Waals surface area contributed by atoms with E-state index in [2.05, 4.69) is 84.8 Å². The summed E-state index contributed by atoms with van der Waals surface area (Å²) < 4.78 is 0. The number of H-pyrrole nitrogens is 1. The van der Waals surface area contributed by atoms with Crippen LogP contribution in [0.1, 0.15) is 35.2 Å². The normalized spacial score (nSPS) is 12.3. The third-order valence-electron chi connectivity index (χ3n) is 4.53. The molecule has 0 amide bonds. The molecule has 0 aliphatic heterocycles. The van der Waals surface area contributed by atoms with Crippen molar-refractivity contribution in [3.8, 4) is 11.3 Å². The van der Waals surface area contributed by atoms with E-state index in [1.54, 1.807) is 0 Å². The van der Waals surface area contributed by atoms with Crippen molar-refractivity contribution in [3.05, 3.63) is 77.0 Å². The van der Waals surface area contributed by atoms with Gasteiger partial charge < -0.3 is 5.32 Å². The number of nitrogens with zero attached hydrogens (tertiary/aromatic N) is 1. The minimum Gasteiger partial charge on any atom is -0.336 e. The Morgan fingerprint density at radius 2 is 1.83 bits per heavy atom. The Kier molecular flexibility index (Phi) is 4.58. The molecular weight excluding hydrogens is 282 g/mol. The van der Waals surface area contributed by atoms with Gasteiger partial charge in [0.1, 0.15) is 12.6 Å². The zero-order chi connectivity index (χ0) is 16.2. The van der Waals surface area contributed by atoms with Gasteiger partial charge in [0.25, 0.3) is 0 Å². The van der Waals surface area contributed by atoms with Crippen LogP contribution in [-0.4, -0.2) is 10.2 Å². The molecule has 2 aromatic carbocycles. The van der Waals surface area contributed by atoms with E-state index in [-0.39, 0.29) is 0 Å². The van der Waals surface area contributed by atoms with Crippen molar-refractivity contribution < 1.29 is 5.32 Å². The average Bonchev–Trinajstić information content (AvgIpc) is 3.04. The van der Waals surface area contributed by atoms with Crippen LogP contribution >= 0.6 is 0 Å². The number of nitrogens with two attached hydrogens (primary N) is 1. The Bertz CT molecular complexity index is 775. The first-order valence-corrected chi connectivity index (χ1v) is 8.13. The van der Waals surface area contributed by atoms with Gasteiger partial charge in [-0.25, -0.2) is 0 Å². The van der Waals surface area contributed by atoms with Crippen LogP contribution in [0.15, 0.2) is 54.7 Å². The zero-order valence-corrected chi connectivity index (χ0v) is 14.0. The maximum Gasteiger partial charge on any atom is 0.109 e. The van der Waals surface area contributed by atoms with Crippen LogP contribution in [0, 0.1) is 13.8 Å². The minimum atomic E-state index is 0.429. The monoisotopic (exact) mass is 306 g/mol. The third-order valence-corrected chi connectivity index (χ3v) is 4.53. The molecule has 118 valence electrons. The number of aromatic amines is 1. The quantitative estimate of drug-likeness (QED) is 0.744. The Morgan fingerprint density at radius 3 is 2.57 bits per heavy atom. The lowest BCUT2D eigenvalue weighted by atomic mass is 10.0. The molecule has 3 N–H and O–H groups in total. The number of aromatic nitrogens is 2. The molecule has 3 rings (SSSR count). The summed E-state index contributed by atoms with van der Waals surface area (Å²) in [7, 11) is 0. The van der Waals surface area contributed by atoms with Crippen molar-refractivity contribution in [1.82, 2.24) is 10.2 Å². The molecule has 1 aromatic heterocycles. The molecule has 3 heteroatoms. The van der Waals surface area contributed by atoms with Gasteiger partial charge in [-0.3, -0.25) is 5.10 Å². The number of hydrogen-bond acceptors (Lipinski definition) is 1. The second-order valence-electron chi connectivity index (χ2n) is 6.21. The molecule has 1 atom stereocenters. The molecule has 0 bridgehead atoms. The maximum atomic E-state index is 4.26. The Balaban J connectivity index is 1.75. The molecule has 3 nitrogen and oxygen atoms in total. The van der Waals surface area contributed by atoms with Crippen LogP contribution in [0.3, 0.4) is 0 Å². The highest BCUT2D eigenvalue weighted by Gasteiger charge is 2.13. The Hall–Kier alpha value is -2.39. The van der Waals surface area contributed by atoms with E-state index in [4.69, 9.17) is 0 Å². The van der Waals surface area contributed by atoms with Gasteiger partial charge in [-0.05, 0) is 38.0 Å². The van der Waals surface area contributed by atoms with E-state index in [1.807, 2.05) is 6.20 Å². The first kappa shape index (κ1) is 15.5. The first-order valence-electron chi connectivity index (χ1n) is 8.13. The first-order chi connectivity index (χ1) is 11.1. The smallest absolute Gasteiger partial charge is 0.109 e. The standard InChI is InChI=1S/C20H23N3/c1-14-9-10-18(11-15(14)2)20-19(13-22-23-20)12-21-16(3)17-7-5-4-6-8-17/h4-11,13,16,21H,12H2,1-3H3,(H,22,23)/p+1/t16-/m0/s1. The van der Waals surface area contributed by atoms with Crippen LogP contribution < -0.4 is 5.32 Å². The molecule has 0 saturated carbocycles. The van der Waals surface area contributed by atoms with E-state index < -0.39 is 0 Å². The second-order valence-corrected chi connectivity index (χ2v) is 6.21. The number of hydrogen-bond donors (Lipinski definition) is 2. The van der Waals surface area contributed by atoms with Crippen molar-refractivity contribution in [2.24, 2.45) is 0 Å². The number of aryl methyl sites for hydroxylation is 2. The van der Waals surface area contributed by atoms with Gasteiger partial charge in [-0.2, -0.15) is 5.10 Å². The molecule has 0 fully saturated rings. The summed E-state index contributed by atoms with van der Waals surface area (Å²) in [5, 5.41) is 9.77. The van der Waals surface area contributed by atoms with Crippen molar-refractivity contribution in [3.63, 3.8) is 0 Å². The molecular formula is C20H24N3+. The molecule has 0 spiro atoms. The number of rotatable bonds is 5. The fraction of sp³-hybridized carbons (Fsp3) is 0.250. The van der Waals surface area contributed by atoms with Gasteiger partial charge >= 0.3 is 0 Å². The lowest BCUT2D eigenvalue weighted by molar-refractivity contribution is -0.707. The van der Waals surface area contributed by atoms with Crippen molar-refractivity contribution >= 4 is 0 Å². The Labute approximate surface area is 137 Å².